The SMILES string of the molecule is CCCC(CCO)CN=C(NCC)N(C)CC(=O)NC(C)(C)C.I. The van der Waals surface area contributed by atoms with Gasteiger partial charge >= 0.3 is 0 Å². The maximum absolute atomic E-state index is 12.1. The van der Waals surface area contributed by atoms with Crippen molar-refractivity contribution in [1.29, 1.82) is 0 Å². The summed E-state index contributed by atoms with van der Waals surface area (Å²) in [5.74, 6) is 1.09. The molecule has 24 heavy (non-hydrogen) atoms. The first-order valence-electron chi connectivity index (χ1n) is 8.64. The maximum atomic E-state index is 12.1. The summed E-state index contributed by atoms with van der Waals surface area (Å²) < 4.78 is 0. The van der Waals surface area contributed by atoms with Gasteiger partial charge in [0.1, 0.15) is 0 Å². The van der Waals surface area contributed by atoms with E-state index in [0.717, 1.165) is 31.8 Å². The number of nitrogens with one attached hydrogen (secondary N) is 2. The van der Waals surface area contributed by atoms with Crippen molar-refractivity contribution in [3.63, 3.8) is 0 Å². The van der Waals surface area contributed by atoms with Crippen LogP contribution in [0, 0.1) is 5.92 Å². The molecule has 1 unspecified atom stereocenters. The summed E-state index contributed by atoms with van der Waals surface area (Å²) in [6.07, 6.45) is 2.91. The van der Waals surface area contributed by atoms with Crippen LogP contribution in [0.4, 0.5) is 0 Å². The van der Waals surface area contributed by atoms with Crippen LogP contribution < -0.4 is 10.6 Å². The second-order valence-corrected chi connectivity index (χ2v) is 7.02. The van der Waals surface area contributed by atoms with Crippen molar-refractivity contribution >= 4 is 35.8 Å². The Hall–Kier alpha value is -0.570. The van der Waals surface area contributed by atoms with E-state index >= 15 is 0 Å². The molecule has 6 nitrogen and oxygen atoms in total. The summed E-state index contributed by atoms with van der Waals surface area (Å²) in [5, 5.41) is 15.3. The fourth-order valence-corrected chi connectivity index (χ4v) is 2.35. The van der Waals surface area contributed by atoms with Gasteiger partial charge in [0.15, 0.2) is 5.96 Å². The van der Waals surface area contributed by atoms with E-state index in [1.165, 1.54) is 0 Å². The molecule has 0 aliphatic carbocycles. The number of likely N-dealkylation sites (N-methyl/N-ethyl adjacent to an activating group) is 1. The summed E-state index contributed by atoms with van der Waals surface area (Å²) in [7, 11) is 1.87. The number of hydrogen-bond donors (Lipinski definition) is 3. The van der Waals surface area contributed by atoms with Crippen LogP contribution in [0.5, 0.6) is 0 Å². The molecule has 0 aromatic heterocycles. The Morgan fingerprint density at radius 3 is 2.33 bits per heavy atom. The molecule has 0 aromatic rings. The van der Waals surface area contributed by atoms with E-state index in [9.17, 15) is 4.79 Å². The standard InChI is InChI=1S/C17H36N4O2.HI/c1-7-9-14(10-11-22)12-19-16(18-8-2)21(6)13-15(23)20-17(3,4)5;/h14,22H,7-13H2,1-6H3,(H,18,19)(H,20,23);1H. The fraction of sp³-hybridized carbons (Fsp3) is 0.882. The molecule has 0 saturated heterocycles. The number of amides is 1. The predicted octanol–water partition coefficient (Wildman–Crippen LogP) is 2.22. The minimum absolute atomic E-state index is 0. The average molecular weight is 456 g/mol. The van der Waals surface area contributed by atoms with Crippen LogP contribution in [-0.2, 0) is 4.79 Å². The van der Waals surface area contributed by atoms with Gasteiger partial charge in [0, 0.05) is 32.3 Å². The molecule has 3 N–H and O–H groups in total. The number of guanidine groups is 1. The third kappa shape index (κ3) is 12.8. The number of hydrogen-bond acceptors (Lipinski definition) is 3. The first-order valence-corrected chi connectivity index (χ1v) is 8.64. The van der Waals surface area contributed by atoms with Crippen LogP contribution >= 0.6 is 24.0 Å². The Bertz CT molecular complexity index is 364. The van der Waals surface area contributed by atoms with E-state index in [4.69, 9.17) is 5.11 Å². The first kappa shape index (κ1) is 25.7. The van der Waals surface area contributed by atoms with Crippen molar-refractivity contribution in [2.24, 2.45) is 10.9 Å². The second-order valence-electron chi connectivity index (χ2n) is 7.02. The highest BCUT2D eigenvalue weighted by atomic mass is 127. The van der Waals surface area contributed by atoms with Gasteiger partial charge in [-0.15, -0.1) is 24.0 Å². The Morgan fingerprint density at radius 2 is 1.88 bits per heavy atom. The van der Waals surface area contributed by atoms with Gasteiger partial charge in [0.05, 0.1) is 6.54 Å². The van der Waals surface area contributed by atoms with Crippen molar-refractivity contribution < 1.29 is 9.90 Å². The molecule has 1 atom stereocenters. The summed E-state index contributed by atoms with van der Waals surface area (Å²) in [5.41, 5.74) is -0.235. The Labute approximate surface area is 164 Å². The molecule has 0 aromatic carbocycles. The average Bonchev–Trinajstić information content (AvgIpc) is 2.41. The Morgan fingerprint density at radius 1 is 1.25 bits per heavy atom. The molecule has 0 aliphatic heterocycles. The molecule has 0 saturated carbocycles. The lowest BCUT2D eigenvalue weighted by Gasteiger charge is -2.26. The molecular formula is C17H37IN4O2. The highest BCUT2D eigenvalue weighted by Gasteiger charge is 2.17. The van der Waals surface area contributed by atoms with E-state index in [1.54, 1.807) is 0 Å². The van der Waals surface area contributed by atoms with Gasteiger partial charge in [-0.2, -0.15) is 0 Å². The van der Waals surface area contributed by atoms with Gasteiger partial charge in [0.2, 0.25) is 5.91 Å². The Kier molecular flexibility index (Phi) is 14.6. The van der Waals surface area contributed by atoms with Crippen molar-refractivity contribution in [3.05, 3.63) is 0 Å². The number of aliphatic hydroxyl groups excluding tert-OH is 1. The molecule has 0 aliphatic rings. The van der Waals surface area contributed by atoms with E-state index in [2.05, 4.69) is 22.5 Å². The molecule has 7 heteroatoms. The van der Waals surface area contributed by atoms with Gasteiger partial charge in [-0.1, -0.05) is 13.3 Å². The predicted molar refractivity (Wildman–Crippen MR) is 112 cm³/mol. The van der Waals surface area contributed by atoms with Crippen LogP contribution in [0.15, 0.2) is 4.99 Å². The van der Waals surface area contributed by atoms with Crippen LogP contribution in [-0.4, -0.2) is 60.7 Å². The molecule has 1 amide bonds. The summed E-state index contributed by atoms with van der Waals surface area (Å²) in [4.78, 5) is 18.5. The van der Waals surface area contributed by atoms with Gasteiger partial charge in [-0.3, -0.25) is 9.79 Å². The lowest BCUT2D eigenvalue weighted by Crippen LogP contribution is -2.48. The van der Waals surface area contributed by atoms with Gasteiger partial charge in [0.25, 0.3) is 0 Å². The summed E-state index contributed by atoms with van der Waals surface area (Å²) >= 11 is 0. The summed E-state index contributed by atoms with van der Waals surface area (Å²) in [6.45, 7) is 11.9. The minimum Gasteiger partial charge on any atom is -0.396 e. The number of carbonyl (C=O) groups is 1. The number of carbonyl (C=O) groups excluding carboxylic acids is 1. The van der Waals surface area contributed by atoms with E-state index in [1.807, 2.05) is 39.6 Å². The highest BCUT2D eigenvalue weighted by Crippen LogP contribution is 2.11. The van der Waals surface area contributed by atoms with Crippen LogP contribution in [0.3, 0.4) is 0 Å². The number of halogens is 1. The summed E-state index contributed by atoms with van der Waals surface area (Å²) in [6, 6.07) is 0. The monoisotopic (exact) mass is 456 g/mol. The molecule has 0 fully saturated rings. The highest BCUT2D eigenvalue weighted by molar-refractivity contribution is 14.0. The van der Waals surface area contributed by atoms with E-state index in [0.29, 0.717) is 12.5 Å². The van der Waals surface area contributed by atoms with Gasteiger partial charge in [-0.05, 0) is 46.5 Å². The zero-order valence-electron chi connectivity index (χ0n) is 16.2. The molecule has 0 radical (unpaired) electrons. The number of rotatable bonds is 9. The lowest BCUT2D eigenvalue weighted by atomic mass is 10.0. The Balaban J connectivity index is 0. The lowest BCUT2D eigenvalue weighted by molar-refractivity contribution is -0.122. The van der Waals surface area contributed by atoms with E-state index in [-0.39, 0.29) is 48.6 Å². The molecule has 144 valence electrons. The minimum atomic E-state index is -0.235. The van der Waals surface area contributed by atoms with Crippen molar-refractivity contribution in [1.82, 2.24) is 15.5 Å². The quantitative estimate of drug-likeness (QED) is 0.283. The number of aliphatic hydroxyl groups is 1. The molecule has 0 spiro atoms. The smallest absolute Gasteiger partial charge is 0.240 e. The third-order valence-electron chi connectivity index (χ3n) is 3.33. The molecule has 0 bridgehead atoms. The molecule has 0 heterocycles. The first-order chi connectivity index (χ1) is 10.7. The van der Waals surface area contributed by atoms with Crippen molar-refractivity contribution in [2.45, 2.75) is 59.4 Å². The van der Waals surface area contributed by atoms with E-state index < -0.39 is 0 Å². The van der Waals surface area contributed by atoms with Crippen molar-refractivity contribution in [3.8, 4) is 0 Å². The largest absolute Gasteiger partial charge is 0.396 e. The number of aliphatic imine (C=N–C) groups is 1. The van der Waals surface area contributed by atoms with Gasteiger partial charge < -0.3 is 20.6 Å². The zero-order valence-corrected chi connectivity index (χ0v) is 18.5. The topological polar surface area (TPSA) is 77.0 Å². The maximum Gasteiger partial charge on any atom is 0.240 e. The molecule has 0 rings (SSSR count). The second kappa shape index (κ2) is 13.7. The van der Waals surface area contributed by atoms with Crippen LogP contribution in [0.1, 0.15) is 53.9 Å². The third-order valence-corrected chi connectivity index (χ3v) is 3.33. The molecular weight excluding hydrogens is 419 g/mol. The van der Waals surface area contributed by atoms with Crippen LogP contribution in [0.2, 0.25) is 0 Å². The fourth-order valence-electron chi connectivity index (χ4n) is 2.35. The van der Waals surface area contributed by atoms with Gasteiger partial charge in [-0.25, -0.2) is 0 Å². The van der Waals surface area contributed by atoms with Crippen LogP contribution in [0.25, 0.3) is 0 Å². The number of nitrogens with zero attached hydrogens (tertiary/aromatic N) is 2. The normalized spacial score (nSPS) is 13.0. The zero-order chi connectivity index (χ0) is 17.9. The van der Waals surface area contributed by atoms with Crippen molar-refractivity contribution in [2.75, 3.05) is 33.3 Å².